The van der Waals surface area contributed by atoms with Gasteiger partial charge in [0.25, 0.3) is 5.79 Å². The van der Waals surface area contributed by atoms with E-state index < -0.39 is 5.79 Å². The highest BCUT2D eigenvalue weighted by Crippen LogP contribution is 2.31. The predicted octanol–water partition coefficient (Wildman–Crippen LogP) is 3.93. The fourth-order valence-corrected chi connectivity index (χ4v) is 2.34. The lowest BCUT2D eigenvalue weighted by Gasteiger charge is -2.33. The van der Waals surface area contributed by atoms with Gasteiger partial charge in [0.2, 0.25) is 0 Å². The zero-order valence-corrected chi connectivity index (χ0v) is 12.0. The summed E-state index contributed by atoms with van der Waals surface area (Å²) in [6.45, 7) is 0. The molecule has 3 rings (SSSR count). The van der Waals surface area contributed by atoms with Crippen LogP contribution in [0.4, 0.5) is 0 Å². The normalized spacial score (nSPS) is 15.7. The molecule has 2 aromatic carbocycles. The van der Waals surface area contributed by atoms with Gasteiger partial charge in [-0.05, 0) is 35.9 Å². The molecule has 3 heteroatoms. The molecule has 0 heterocycles. The van der Waals surface area contributed by atoms with Gasteiger partial charge in [0, 0.05) is 0 Å². The van der Waals surface area contributed by atoms with Crippen molar-refractivity contribution in [1.29, 1.82) is 0 Å². The molecule has 0 N–H and O–H groups in total. The van der Waals surface area contributed by atoms with Crippen LogP contribution >= 0.6 is 0 Å². The Kier molecular flexibility index (Phi) is 4.05. The first-order valence-electron chi connectivity index (χ1n) is 7.11. The molecule has 0 atom stereocenters. The van der Waals surface area contributed by atoms with Crippen LogP contribution in [0.25, 0.3) is 0 Å². The first-order chi connectivity index (χ1) is 10.8. The molecule has 22 heavy (non-hydrogen) atoms. The summed E-state index contributed by atoms with van der Waals surface area (Å²) in [5.74, 6) is 0.360. The van der Waals surface area contributed by atoms with Crippen LogP contribution in [0.1, 0.15) is 6.42 Å². The highest BCUT2D eigenvalue weighted by Gasteiger charge is 2.35. The quantitative estimate of drug-likeness (QED) is 0.619. The van der Waals surface area contributed by atoms with Gasteiger partial charge in [-0.15, -0.1) is 0 Å². The molecule has 0 aliphatic heterocycles. The molecule has 0 spiro atoms. The molecular weight excluding hydrogens is 276 g/mol. The third-order valence-corrected chi connectivity index (χ3v) is 3.33. The van der Waals surface area contributed by atoms with E-state index in [9.17, 15) is 4.79 Å². The van der Waals surface area contributed by atoms with Gasteiger partial charge in [-0.1, -0.05) is 48.6 Å². The van der Waals surface area contributed by atoms with Crippen molar-refractivity contribution in [1.82, 2.24) is 0 Å². The van der Waals surface area contributed by atoms with Gasteiger partial charge in [0.1, 0.15) is 17.8 Å². The summed E-state index contributed by atoms with van der Waals surface area (Å²) >= 11 is 0. The Hall–Kier alpha value is -2.81. The van der Waals surface area contributed by atoms with E-state index in [0.717, 1.165) is 6.29 Å². The van der Waals surface area contributed by atoms with E-state index in [0.29, 0.717) is 23.5 Å². The van der Waals surface area contributed by atoms with Crippen molar-refractivity contribution in [3.8, 4) is 11.5 Å². The summed E-state index contributed by atoms with van der Waals surface area (Å²) in [5.41, 5.74) is 0.634. The van der Waals surface area contributed by atoms with Gasteiger partial charge in [-0.2, -0.15) is 0 Å². The molecule has 0 aromatic heterocycles. The van der Waals surface area contributed by atoms with Crippen molar-refractivity contribution in [3.05, 3.63) is 84.5 Å². The van der Waals surface area contributed by atoms with E-state index in [1.807, 2.05) is 66.7 Å². The van der Waals surface area contributed by atoms with Crippen molar-refractivity contribution in [2.75, 3.05) is 0 Å². The highest BCUT2D eigenvalue weighted by molar-refractivity contribution is 5.74. The molecule has 0 bridgehead atoms. The Morgan fingerprint density at radius 1 is 0.864 bits per heavy atom. The summed E-state index contributed by atoms with van der Waals surface area (Å²) in [4.78, 5) is 11.1. The number of hydrogen-bond donors (Lipinski definition) is 0. The number of allylic oxidation sites excluding steroid dienone is 2. The monoisotopic (exact) mass is 292 g/mol. The number of aldehydes is 1. The van der Waals surface area contributed by atoms with Crippen LogP contribution in [0.5, 0.6) is 11.5 Å². The second-order valence-corrected chi connectivity index (χ2v) is 5.04. The van der Waals surface area contributed by atoms with E-state index >= 15 is 0 Å². The third-order valence-electron chi connectivity index (χ3n) is 3.33. The van der Waals surface area contributed by atoms with Crippen molar-refractivity contribution in [2.24, 2.45) is 0 Å². The first kappa shape index (κ1) is 14.1. The van der Waals surface area contributed by atoms with Crippen LogP contribution in [0.3, 0.4) is 0 Å². The first-order valence-corrected chi connectivity index (χ1v) is 7.11. The molecule has 0 saturated heterocycles. The summed E-state index contributed by atoms with van der Waals surface area (Å²) in [6, 6.07) is 18.9. The van der Waals surface area contributed by atoms with E-state index in [1.165, 1.54) is 0 Å². The van der Waals surface area contributed by atoms with Gasteiger partial charge in [0.05, 0.1) is 6.42 Å². The lowest BCUT2D eigenvalue weighted by atomic mass is 10.00. The number of carbonyl (C=O) groups excluding carboxylic acids is 1. The second-order valence-electron chi connectivity index (χ2n) is 5.04. The number of hydrogen-bond acceptors (Lipinski definition) is 3. The maximum atomic E-state index is 11.1. The molecule has 2 aromatic rings. The maximum Gasteiger partial charge on any atom is 0.275 e. The van der Waals surface area contributed by atoms with Crippen LogP contribution < -0.4 is 9.47 Å². The average molecular weight is 292 g/mol. The molecule has 1 aliphatic carbocycles. The second kappa shape index (κ2) is 6.31. The molecular formula is C19H16O3. The molecule has 0 radical (unpaired) electrons. The van der Waals surface area contributed by atoms with Gasteiger partial charge in [0.15, 0.2) is 0 Å². The summed E-state index contributed by atoms with van der Waals surface area (Å²) in [7, 11) is 0. The number of rotatable bonds is 5. The fourth-order valence-electron chi connectivity index (χ4n) is 2.34. The van der Waals surface area contributed by atoms with E-state index in [4.69, 9.17) is 9.47 Å². The highest BCUT2D eigenvalue weighted by atomic mass is 16.7. The molecule has 3 nitrogen and oxygen atoms in total. The minimum Gasteiger partial charge on any atom is -0.448 e. The maximum absolute atomic E-state index is 11.1. The number of ether oxygens (including phenoxy) is 2. The van der Waals surface area contributed by atoms with Crippen LogP contribution in [-0.2, 0) is 4.79 Å². The van der Waals surface area contributed by atoms with Crippen LogP contribution in [-0.4, -0.2) is 12.1 Å². The Morgan fingerprint density at radius 3 is 1.91 bits per heavy atom. The Bertz CT molecular complexity index is 646. The number of benzene rings is 2. The zero-order chi connectivity index (χ0) is 15.3. The smallest absolute Gasteiger partial charge is 0.275 e. The average Bonchev–Trinajstić information content (AvgIpc) is 2.56. The van der Waals surface area contributed by atoms with Gasteiger partial charge in [-0.3, -0.25) is 4.79 Å². The van der Waals surface area contributed by atoms with E-state index in [-0.39, 0.29) is 0 Å². The van der Waals surface area contributed by atoms with Crippen molar-refractivity contribution in [2.45, 2.75) is 12.2 Å². The summed E-state index contributed by atoms with van der Waals surface area (Å²) < 4.78 is 12.1. The summed E-state index contributed by atoms with van der Waals surface area (Å²) in [5, 5.41) is 0. The zero-order valence-electron chi connectivity index (χ0n) is 12.0. The lowest BCUT2D eigenvalue weighted by molar-refractivity contribution is -0.107. The van der Waals surface area contributed by atoms with Crippen molar-refractivity contribution in [3.63, 3.8) is 0 Å². The van der Waals surface area contributed by atoms with E-state index in [2.05, 4.69) is 0 Å². The Labute approximate surface area is 129 Å². The third kappa shape index (κ3) is 3.26. The van der Waals surface area contributed by atoms with Crippen LogP contribution in [0.15, 0.2) is 84.5 Å². The molecule has 0 fully saturated rings. The van der Waals surface area contributed by atoms with Gasteiger partial charge in [-0.25, -0.2) is 0 Å². The minimum atomic E-state index is -1.02. The van der Waals surface area contributed by atoms with E-state index in [1.54, 1.807) is 12.2 Å². The molecule has 0 unspecified atom stereocenters. The minimum absolute atomic E-state index is 0.358. The summed E-state index contributed by atoms with van der Waals surface area (Å²) in [6.07, 6.45) is 6.59. The SMILES string of the molecule is O=CC1=CC=CC(Oc2ccccc2)(Oc2ccccc2)C1. The Balaban J connectivity index is 1.90. The largest absolute Gasteiger partial charge is 0.448 e. The fraction of sp³-hybridized carbons (Fsp3) is 0.105. The molecule has 0 saturated carbocycles. The molecule has 1 aliphatic rings. The van der Waals surface area contributed by atoms with Crippen molar-refractivity contribution >= 4 is 6.29 Å². The number of carbonyl (C=O) groups is 1. The van der Waals surface area contributed by atoms with Gasteiger partial charge >= 0.3 is 0 Å². The predicted molar refractivity (Wildman–Crippen MR) is 84.8 cm³/mol. The molecule has 0 amide bonds. The van der Waals surface area contributed by atoms with Crippen LogP contribution in [0.2, 0.25) is 0 Å². The molecule has 110 valence electrons. The van der Waals surface area contributed by atoms with Gasteiger partial charge < -0.3 is 9.47 Å². The standard InChI is InChI=1S/C19H16O3/c20-15-16-8-7-13-19(14-16,21-17-9-3-1-4-10-17)22-18-11-5-2-6-12-18/h1-13,15H,14H2. The van der Waals surface area contributed by atoms with Crippen LogP contribution in [0, 0.1) is 0 Å². The Morgan fingerprint density at radius 2 is 1.41 bits per heavy atom. The van der Waals surface area contributed by atoms with Crippen molar-refractivity contribution < 1.29 is 14.3 Å². The topological polar surface area (TPSA) is 35.5 Å². The lowest BCUT2D eigenvalue weighted by Crippen LogP contribution is -2.42. The number of para-hydroxylation sites is 2.